The van der Waals surface area contributed by atoms with Gasteiger partial charge >= 0.3 is 33.3 Å². The van der Waals surface area contributed by atoms with Crippen LogP contribution in [0.1, 0.15) is 91.2 Å². The first kappa shape index (κ1) is 29.8. The van der Waals surface area contributed by atoms with Gasteiger partial charge in [0.1, 0.15) is 11.5 Å². The zero-order valence-electron chi connectivity index (χ0n) is 25.8. The molecule has 2 aromatic carbocycles. The Hall–Kier alpha value is -0.710. The van der Waals surface area contributed by atoms with Gasteiger partial charge in [-0.25, -0.2) is 0 Å². The molecule has 204 valence electrons. The van der Waals surface area contributed by atoms with E-state index in [4.69, 9.17) is 8.53 Å². The molecule has 4 aliphatic rings. The Labute approximate surface area is 253 Å². The normalized spacial score (nSPS) is 39.0. The number of ether oxygens (including phenoxy) is 1. The summed E-state index contributed by atoms with van der Waals surface area (Å²) in [6.07, 6.45) is 6.83. The van der Waals surface area contributed by atoms with Crippen LogP contribution in [0.2, 0.25) is 11.6 Å². The van der Waals surface area contributed by atoms with Gasteiger partial charge in [0.25, 0.3) is 0 Å². The molecule has 5 heteroatoms. The number of para-hydroxylation sites is 2. The van der Waals surface area contributed by atoms with Crippen LogP contribution in [-0.4, -0.2) is 14.5 Å². The molecule has 4 fully saturated rings. The van der Waals surface area contributed by atoms with Crippen molar-refractivity contribution in [1.82, 2.24) is 0 Å². The van der Waals surface area contributed by atoms with Crippen molar-refractivity contribution in [2.75, 3.05) is 0 Å². The van der Waals surface area contributed by atoms with Crippen molar-refractivity contribution in [3.63, 3.8) is 0 Å². The first-order valence-electron chi connectivity index (χ1n) is 15.0. The van der Waals surface area contributed by atoms with Gasteiger partial charge in [-0.2, -0.15) is 0 Å². The fourth-order valence-corrected chi connectivity index (χ4v) is 11.8. The molecule has 0 heterocycles. The maximum Gasteiger partial charge on any atom is 1.00 e. The summed E-state index contributed by atoms with van der Waals surface area (Å²) in [5.41, 5.74) is -0.110. The smallest absolute Gasteiger partial charge is 0.845 e. The van der Waals surface area contributed by atoms with Gasteiger partial charge in [-0.1, -0.05) is 95.1 Å². The van der Waals surface area contributed by atoms with Crippen LogP contribution in [0, 0.1) is 33.5 Å². The fraction of sp³-hybridized carbons (Fsp3) is 0.647. The molecule has 0 saturated heterocycles. The second-order valence-electron chi connectivity index (χ2n) is 15.1. The summed E-state index contributed by atoms with van der Waals surface area (Å²) in [4.78, 5) is 0. The van der Waals surface area contributed by atoms with Gasteiger partial charge in [0, 0.05) is 5.56 Å². The Morgan fingerprint density at radius 2 is 1.21 bits per heavy atom. The van der Waals surface area contributed by atoms with Crippen LogP contribution >= 0.6 is 0 Å². The van der Waals surface area contributed by atoms with E-state index in [1.54, 1.807) is 0 Å². The first-order chi connectivity index (χ1) is 17.7. The molecule has 6 unspecified atom stereocenters. The number of hydrogen-bond acceptors (Lipinski definition) is 3. The van der Waals surface area contributed by atoms with Crippen molar-refractivity contribution >= 4 is 14.5 Å². The summed E-state index contributed by atoms with van der Waals surface area (Å²) in [5, 5.41) is 15.2. The topological polar surface area (TPSA) is 41.5 Å². The molecule has 0 amide bonds. The largest absolute Gasteiger partial charge is 1.00 e. The summed E-state index contributed by atoms with van der Waals surface area (Å²) in [6, 6.07) is 16.7. The summed E-state index contributed by atoms with van der Waals surface area (Å²) in [5.74, 6) is 7.27. The van der Waals surface area contributed by atoms with Crippen LogP contribution in [0.3, 0.4) is 0 Å². The SMILES string of the molecule is [CH3][Al]([CH3])[O]C1(c2ccccc2Oc2ccccc2C2([O-])C3(C)CCC(C3)C2(C)C)C2(C)CCC(C2)C1(C)C.[Li+]. The molecule has 0 radical (unpaired) electrons. The van der Waals surface area contributed by atoms with Gasteiger partial charge in [0.2, 0.25) is 0 Å². The summed E-state index contributed by atoms with van der Waals surface area (Å²) in [7, 11) is 0. The van der Waals surface area contributed by atoms with Crippen LogP contribution in [0.15, 0.2) is 48.5 Å². The van der Waals surface area contributed by atoms with Crippen LogP contribution < -0.4 is 28.7 Å². The van der Waals surface area contributed by atoms with Crippen molar-refractivity contribution in [3.8, 4) is 11.5 Å². The van der Waals surface area contributed by atoms with Crippen LogP contribution in [0.25, 0.3) is 0 Å². The van der Waals surface area contributed by atoms with Crippen LogP contribution in [-0.2, 0) is 15.0 Å². The van der Waals surface area contributed by atoms with Gasteiger partial charge in [-0.05, 0) is 89.7 Å². The molecule has 4 bridgehead atoms. The molecule has 39 heavy (non-hydrogen) atoms. The fourth-order valence-electron chi connectivity index (χ4n) is 10.4. The van der Waals surface area contributed by atoms with E-state index in [9.17, 15) is 0 Å². The van der Waals surface area contributed by atoms with Crippen molar-refractivity contribution in [1.29, 1.82) is 0 Å². The molecule has 3 nitrogen and oxygen atoms in total. The van der Waals surface area contributed by atoms with E-state index in [1.807, 2.05) is 18.2 Å². The predicted octanol–water partition coefficient (Wildman–Crippen LogP) is 5.19. The minimum atomic E-state index is -1.40. The van der Waals surface area contributed by atoms with Crippen molar-refractivity contribution in [2.24, 2.45) is 33.5 Å². The molecule has 6 atom stereocenters. The zero-order chi connectivity index (χ0) is 27.4. The molecular weight excluding hydrogens is 490 g/mol. The molecule has 2 aromatic rings. The molecule has 0 N–H and O–H groups in total. The van der Waals surface area contributed by atoms with Crippen molar-refractivity contribution < 1.29 is 32.5 Å². The van der Waals surface area contributed by atoms with E-state index >= 15 is 5.11 Å². The Bertz CT molecular complexity index is 1240. The minimum Gasteiger partial charge on any atom is -0.845 e. The number of fused-ring (bicyclic) bond motifs is 4. The number of benzene rings is 2. The summed E-state index contributed by atoms with van der Waals surface area (Å²) >= 11 is -1.40. The van der Waals surface area contributed by atoms with E-state index in [-0.39, 0.29) is 40.5 Å². The van der Waals surface area contributed by atoms with Crippen LogP contribution in [0.5, 0.6) is 11.5 Å². The Morgan fingerprint density at radius 3 is 1.72 bits per heavy atom. The molecule has 4 aliphatic carbocycles. The molecule has 6 rings (SSSR count). The monoisotopic (exact) mass is 536 g/mol. The third-order valence-electron chi connectivity index (χ3n) is 12.2. The molecule has 4 saturated carbocycles. The Balaban J connectivity index is 0.00000308. The molecule has 0 aromatic heterocycles. The number of rotatable bonds is 6. The maximum absolute atomic E-state index is 15.2. The average Bonchev–Trinajstić information content (AvgIpc) is 3.54. The van der Waals surface area contributed by atoms with E-state index < -0.39 is 25.7 Å². The quantitative estimate of drug-likeness (QED) is 0.477. The van der Waals surface area contributed by atoms with E-state index in [1.165, 1.54) is 24.8 Å². The summed E-state index contributed by atoms with van der Waals surface area (Å²) < 4.78 is 14.2. The third-order valence-corrected chi connectivity index (χ3v) is 13.0. The molecule has 0 spiro atoms. The van der Waals surface area contributed by atoms with E-state index in [2.05, 4.69) is 83.4 Å². The Morgan fingerprint density at radius 1 is 0.718 bits per heavy atom. The van der Waals surface area contributed by atoms with Gasteiger partial charge in [-0.3, -0.25) is 0 Å². The maximum atomic E-state index is 15.2. The zero-order valence-corrected chi connectivity index (χ0v) is 27.0. The minimum absolute atomic E-state index is 0. The van der Waals surface area contributed by atoms with Gasteiger partial charge in [0.15, 0.2) is 0 Å². The predicted molar refractivity (Wildman–Crippen MR) is 153 cm³/mol. The Kier molecular flexibility index (Phi) is 7.17. The van der Waals surface area contributed by atoms with E-state index in [0.29, 0.717) is 11.8 Å². The molecular formula is C34H46AlLiO3. The number of hydrogen-bond donors (Lipinski definition) is 0. The summed E-state index contributed by atoms with van der Waals surface area (Å²) in [6.45, 7) is 13.9. The van der Waals surface area contributed by atoms with Crippen molar-refractivity contribution in [2.45, 2.75) is 103 Å². The van der Waals surface area contributed by atoms with Gasteiger partial charge in [-0.15, -0.1) is 0 Å². The van der Waals surface area contributed by atoms with Gasteiger partial charge in [0.05, 0.1) is 5.60 Å². The van der Waals surface area contributed by atoms with E-state index in [0.717, 1.165) is 36.3 Å². The standard InChI is InChI=1S/C32H40O3.2CH3.Al.Li/c1-27(2)21-15-17-29(5,19-21)31(27,33)23-11-7-9-13-25(23)35-26-14-10-8-12-24(26)32(34)28(3,4)22-16-18-30(32,6)20-22;;;;/h7-14,21-22H,15-20H2,1-6H3;2*1H3;;/q-2;;;2*+1. The second-order valence-corrected chi connectivity index (χ2v) is 17.4. The second kappa shape index (κ2) is 9.40. The van der Waals surface area contributed by atoms with Crippen LogP contribution in [0.4, 0.5) is 0 Å². The third kappa shape index (κ3) is 3.68. The van der Waals surface area contributed by atoms with Crippen molar-refractivity contribution in [3.05, 3.63) is 59.7 Å². The average molecular weight is 537 g/mol. The van der Waals surface area contributed by atoms with Gasteiger partial charge < -0.3 is 13.6 Å². The molecule has 0 aliphatic heterocycles. The first-order valence-corrected chi connectivity index (χ1v) is 17.8.